The average molecular weight is 275 g/mol. The lowest BCUT2D eigenvalue weighted by molar-refractivity contribution is -0.127. The molecule has 0 aliphatic heterocycles. The molecule has 78 valence electrons. The van der Waals surface area contributed by atoms with E-state index in [0.29, 0.717) is 6.07 Å². The van der Waals surface area contributed by atoms with Crippen LogP contribution in [0.15, 0.2) is 16.6 Å². The third-order valence-electron chi connectivity index (χ3n) is 1.45. The van der Waals surface area contributed by atoms with Crippen molar-refractivity contribution in [2.24, 2.45) is 0 Å². The average Bonchev–Trinajstić information content (AvgIpc) is 1.96. The first-order valence-corrected chi connectivity index (χ1v) is 4.29. The predicted octanol–water partition coefficient (Wildman–Crippen LogP) is 3.83. The Hall–Kier alpha value is -0.650. The van der Waals surface area contributed by atoms with Crippen molar-refractivity contribution >= 4 is 15.9 Å². The fourth-order valence-electron chi connectivity index (χ4n) is 0.942. The highest BCUT2D eigenvalue weighted by Gasteiger charge is 2.28. The Morgan fingerprint density at radius 3 is 2.14 bits per heavy atom. The summed E-state index contributed by atoms with van der Waals surface area (Å²) in [5.74, 6) is -2.48. The fourth-order valence-corrected chi connectivity index (χ4v) is 1.42. The second-order valence-electron chi connectivity index (χ2n) is 2.67. The van der Waals surface area contributed by atoms with Crippen LogP contribution in [0.25, 0.3) is 0 Å². The topological polar surface area (TPSA) is 0 Å². The lowest BCUT2D eigenvalue weighted by Gasteiger charge is -2.07. The molecule has 0 amide bonds. The second-order valence-corrected chi connectivity index (χ2v) is 3.52. The predicted molar refractivity (Wildman–Crippen MR) is 43.8 cm³/mol. The summed E-state index contributed by atoms with van der Waals surface area (Å²) in [6.45, 7) is 0. The molecule has 0 heterocycles. The van der Waals surface area contributed by atoms with E-state index in [1.807, 2.05) is 0 Å². The van der Waals surface area contributed by atoms with E-state index < -0.39 is 24.2 Å². The molecular weight excluding hydrogens is 271 g/mol. The van der Waals surface area contributed by atoms with E-state index in [4.69, 9.17) is 0 Å². The molecule has 1 aromatic rings. The van der Waals surface area contributed by atoms with Gasteiger partial charge in [-0.1, -0.05) is 0 Å². The number of rotatable bonds is 1. The maximum Gasteiger partial charge on any atom is 0.393 e. The smallest absolute Gasteiger partial charge is 0.204 e. The molecule has 0 saturated carbocycles. The summed E-state index contributed by atoms with van der Waals surface area (Å²) in [5.41, 5.74) is -0.316. The summed E-state index contributed by atoms with van der Waals surface area (Å²) < 4.78 is 60.6. The van der Waals surface area contributed by atoms with Crippen LogP contribution in [0.1, 0.15) is 5.56 Å². The number of benzene rings is 1. The molecule has 0 aliphatic carbocycles. The highest BCUT2D eigenvalue weighted by Crippen LogP contribution is 2.26. The van der Waals surface area contributed by atoms with Crippen molar-refractivity contribution in [1.82, 2.24) is 0 Å². The van der Waals surface area contributed by atoms with Crippen LogP contribution in [-0.4, -0.2) is 6.18 Å². The highest BCUT2D eigenvalue weighted by atomic mass is 79.9. The van der Waals surface area contributed by atoms with E-state index in [1.165, 1.54) is 0 Å². The summed E-state index contributed by atoms with van der Waals surface area (Å²) in [4.78, 5) is 0. The van der Waals surface area contributed by atoms with Gasteiger partial charge in [-0.2, -0.15) is 13.2 Å². The van der Waals surface area contributed by atoms with Gasteiger partial charge in [-0.05, 0) is 33.6 Å². The van der Waals surface area contributed by atoms with Gasteiger partial charge in [0.1, 0.15) is 0 Å². The zero-order valence-electron chi connectivity index (χ0n) is 6.63. The number of alkyl halides is 3. The molecule has 6 heteroatoms. The maximum atomic E-state index is 12.6. The molecule has 0 aromatic heterocycles. The summed E-state index contributed by atoms with van der Waals surface area (Å²) in [5, 5.41) is 0. The van der Waals surface area contributed by atoms with E-state index in [2.05, 4.69) is 15.9 Å². The van der Waals surface area contributed by atoms with Crippen molar-refractivity contribution in [3.8, 4) is 0 Å². The molecule has 1 rings (SSSR count). The summed E-state index contributed by atoms with van der Waals surface area (Å²) in [6.07, 6.45) is -5.70. The lowest BCUT2D eigenvalue weighted by Crippen LogP contribution is -2.12. The Labute approximate surface area is 84.9 Å². The molecule has 0 unspecified atom stereocenters. The Bertz CT molecular complexity index is 321. The fraction of sp³-hybridized carbons (Fsp3) is 0.250. The molecule has 0 saturated heterocycles. The largest absolute Gasteiger partial charge is 0.393 e. The van der Waals surface area contributed by atoms with Crippen LogP contribution in [0, 0.1) is 11.6 Å². The van der Waals surface area contributed by atoms with Gasteiger partial charge in [-0.3, -0.25) is 0 Å². The minimum atomic E-state index is -4.43. The monoisotopic (exact) mass is 274 g/mol. The number of hydrogen-bond donors (Lipinski definition) is 0. The maximum absolute atomic E-state index is 12.6. The van der Waals surface area contributed by atoms with Crippen LogP contribution >= 0.6 is 15.9 Å². The van der Waals surface area contributed by atoms with Gasteiger partial charge in [0.2, 0.25) is 0 Å². The third-order valence-corrected chi connectivity index (χ3v) is 2.03. The van der Waals surface area contributed by atoms with E-state index in [-0.39, 0.29) is 10.0 Å². The molecule has 0 radical (unpaired) electrons. The first-order chi connectivity index (χ1) is 6.29. The van der Waals surface area contributed by atoms with E-state index >= 15 is 0 Å². The van der Waals surface area contributed by atoms with Crippen LogP contribution in [0.2, 0.25) is 0 Å². The molecule has 1 aromatic carbocycles. The molecule has 0 nitrogen and oxygen atoms in total. The summed E-state index contributed by atoms with van der Waals surface area (Å²) >= 11 is 2.62. The Morgan fingerprint density at radius 1 is 1.14 bits per heavy atom. The van der Waals surface area contributed by atoms with Crippen molar-refractivity contribution in [3.63, 3.8) is 0 Å². The summed E-state index contributed by atoms with van der Waals surface area (Å²) in [7, 11) is 0. The van der Waals surface area contributed by atoms with Gasteiger partial charge in [0.15, 0.2) is 11.6 Å². The van der Waals surface area contributed by atoms with Gasteiger partial charge in [-0.15, -0.1) is 0 Å². The lowest BCUT2D eigenvalue weighted by atomic mass is 10.1. The van der Waals surface area contributed by atoms with Crippen molar-refractivity contribution in [1.29, 1.82) is 0 Å². The zero-order valence-corrected chi connectivity index (χ0v) is 8.22. The van der Waals surface area contributed by atoms with Crippen molar-refractivity contribution < 1.29 is 22.0 Å². The molecule has 0 bridgehead atoms. The van der Waals surface area contributed by atoms with Crippen LogP contribution in [0.3, 0.4) is 0 Å². The van der Waals surface area contributed by atoms with Crippen LogP contribution in [0.5, 0.6) is 0 Å². The van der Waals surface area contributed by atoms with E-state index in [1.54, 1.807) is 0 Å². The first-order valence-electron chi connectivity index (χ1n) is 3.50. The van der Waals surface area contributed by atoms with Crippen molar-refractivity contribution in [3.05, 3.63) is 33.8 Å². The molecular formula is C8H4BrF5. The minimum absolute atomic E-state index is 0.309. The highest BCUT2D eigenvalue weighted by molar-refractivity contribution is 9.10. The van der Waals surface area contributed by atoms with Crippen molar-refractivity contribution in [2.75, 3.05) is 0 Å². The Morgan fingerprint density at radius 2 is 1.71 bits per heavy atom. The van der Waals surface area contributed by atoms with Gasteiger partial charge in [-0.25, -0.2) is 8.78 Å². The van der Waals surface area contributed by atoms with Gasteiger partial charge in [0, 0.05) is 0 Å². The Balaban J connectivity index is 3.02. The summed E-state index contributed by atoms with van der Waals surface area (Å²) in [6, 6.07) is 1.44. The van der Waals surface area contributed by atoms with Crippen molar-refractivity contribution in [2.45, 2.75) is 12.6 Å². The normalized spacial score (nSPS) is 11.9. The molecule has 0 fully saturated rings. The van der Waals surface area contributed by atoms with Crippen LogP contribution in [-0.2, 0) is 6.42 Å². The van der Waals surface area contributed by atoms with E-state index in [9.17, 15) is 22.0 Å². The van der Waals surface area contributed by atoms with Gasteiger partial charge in [0.25, 0.3) is 0 Å². The molecule has 0 N–H and O–H groups in total. The van der Waals surface area contributed by atoms with Gasteiger partial charge >= 0.3 is 6.18 Å². The Kier molecular flexibility index (Phi) is 3.14. The van der Waals surface area contributed by atoms with Gasteiger partial charge in [0.05, 0.1) is 10.9 Å². The molecule has 0 spiro atoms. The quantitative estimate of drug-likeness (QED) is 0.539. The first kappa shape index (κ1) is 11.4. The van der Waals surface area contributed by atoms with E-state index in [0.717, 1.165) is 6.07 Å². The number of hydrogen-bond acceptors (Lipinski definition) is 0. The zero-order chi connectivity index (χ0) is 10.9. The second kappa shape index (κ2) is 3.84. The van der Waals surface area contributed by atoms with Gasteiger partial charge < -0.3 is 0 Å². The third kappa shape index (κ3) is 2.94. The minimum Gasteiger partial charge on any atom is -0.204 e. The molecule has 0 atom stereocenters. The van der Waals surface area contributed by atoms with Crippen LogP contribution < -0.4 is 0 Å². The SMILES string of the molecule is Fc1cc(CC(F)(F)F)cc(Br)c1F. The van der Waals surface area contributed by atoms with Crippen LogP contribution in [0.4, 0.5) is 22.0 Å². The standard InChI is InChI=1S/C8H4BrF5/c9-5-1-4(3-8(12,13)14)2-6(10)7(5)11/h1-2H,3H2. The molecule has 14 heavy (non-hydrogen) atoms. The molecule has 0 aliphatic rings. The number of halogens is 6.